The van der Waals surface area contributed by atoms with Crippen molar-refractivity contribution in [2.45, 2.75) is 25.9 Å². The first-order valence-electron chi connectivity index (χ1n) is 9.60. The van der Waals surface area contributed by atoms with Crippen LogP contribution in [0.4, 0.5) is 10.8 Å². The van der Waals surface area contributed by atoms with E-state index in [0.717, 1.165) is 23.1 Å². The molecule has 1 amide bonds. The first-order chi connectivity index (χ1) is 14.5. The largest absolute Gasteiger partial charge is 0.497 e. The number of nitro benzene ring substituents is 1. The average Bonchev–Trinajstić information content (AvgIpc) is 3.40. The van der Waals surface area contributed by atoms with Crippen LogP contribution in [-0.2, 0) is 4.74 Å². The summed E-state index contributed by atoms with van der Waals surface area (Å²) in [5, 5.41) is 11.9. The first kappa shape index (κ1) is 20.2. The molecule has 8 nitrogen and oxygen atoms in total. The predicted octanol–water partition coefficient (Wildman–Crippen LogP) is 4.35. The highest BCUT2D eigenvalue weighted by atomic mass is 32.1. The lowest BCUT2D eigenvalue weighted by Gasteiger charge is -2.23. The smallest absolute Gasteiger partial charge is 0.273 e. The number of rotatable bonds is 6. The Balaban J connectivity index is 1.76. The molecule has 0 radical (unpaired) electrons. The molecular formula is C21H21N3O5S. The van der Waals surface area contributed by atoms with Gasteiger partial charge < -0.3 is 9.47 Å². The molecule has 1 atom stereocenters. The Bertz CT molecular complexity index is 1110. The molecule has 0 aliphatic carbocycles. The van der Waals surface area contributed by atoms with Crippen molar-refractivity contribution < 1.29 is 19.2 Å². The summed E-state index contributed by atoms with van der Waals surface area (Å²) in [7, 11) is 1.59. The lowest BCUT2D eigenvalue weighted by Crippen LogP contribution is -2.37. The van der Waals surface area contributed by atoms with Gasteiger partial charge in [-0.2, -0.15) is 0 Å². The highest BCUT2D eigenvalue weighted by molar-refractivity contribution is 7.22. The van der Waals surface area contributed by atoms with Crippen LogP contribution in [0.1, 0.15) is 28.8 Å². The molecule has 9 heteroatoms. The van der Waals surface area contributed by atoms with Gasteiger partial charge in [0.1, 0.15) is 5.75 Å². The number of nitro groups is 1. The van der Waals surface area contributed by atoms with Crippen LogP contribution in [0.25, 0.3) is 10.2 Å². The van der Waals surface area contributed by atoms with Gasteiger partial charge >= 0.3 is 0 Å². The van der Waals surface area contributed by atoms with Crippen molar-refractivity contribution in [1.82, 2.24) is 4.98 Å². The number of benzene rings is 2. The van der Waals surface area contributed by atoms with Crippen LogP contribution in [0.3, 0.4) is 0 Å². The fourth-order valence-electron chi connectivity index (χ4n) is 3.58. The minimum absolute atomic E-state index is 0.0769. The van der Waals surface area contributed by atoms with Gasteiger partial charge in [0.15, 0.2) is 5.13 Å². The normalized spacial score (nSPS) is 16.0. The van der Waals surface area contributed by atoms with Crippen LogP contribution in [0.15, 0.2) is 36.4 Å². The summed E-state index contributed by atoms with van der Waals surface area (Å²) in [6.07, 6.45) is 1.71. The fraction of sp³-hybridized carbons (Fsp3) is 0.333. The second-order valence-corrected chi connectivity index (χ2v) is 8.10. The van der Waals surface area contributed by atoms with E-state index in [1.807, 2.05) is 18.2 Å². The molecule has 1 saturated heterocycles. The zero-order chi connectivity index (χ0) is 21.3. The van der Waals surface area contributed by atoms with E-state index in [9.17, 15) is 14.9 Å². The summed E-state index contributed by atoms with van der Waals surface area (Å²) in [4.78, 5) is 30.6. The summed E-state index contributed by atoms with van der Waals surface area (Å²) in [5.41, 5.74) is 1.29. The van der Waals surface area contributed by atoms with E-state index in [2.05, 4.69) is 4.98 Å². The van der Waals surface area contributed by atoms with Crippen molar-refractivity contribution in [2.24, 2.45) is 0 Å². The molecular weight excluding hydrogens is 406 g/mol. The van der Waals surface area contributed by atoms with E-state index in [0.29, 0.717) is 35.2 Å². The summed E-state index contributed by atoms with van der Waals surface area (Å²) in [5.74, 6) is 0.364. The van der Waals surface area contributed by atoms with Gasteiger partial charge in [0, 0.05) is 29.9 Å². The van der Waals surface area contributed by atoms with Crippen molar-refractivity contribution in [3.63, 3.8) is 0 Å². The van der Waals surface area contributed by atoms with Gasteiger partial charge in [-0.25, -0.2) is 4.98 Å². The molecule has 30 heavy (non-hydrogen) atoms. The zero-order valence-corrected chi connectivity index (χ0v) is 17.5. The third-order valence-electron chi connectivity index (χ3n) is 5.20. The van der Waals surface area contributed by atoms with E-state index in [4.69, 9.17) is 9.47 Å². The molecule has 2 heterocycles. The van der Waals surface area contributed by atoms with Crippen LogP contribution in [0.2, 0.25) is 0 Å². The zero-order valence-electron chi connectivity index (χ0n) is 16.7. The van der Waals surface area contributed by atoms with E-state index in [1.165, 1.54) is 23.5 Å². The number of hydrogen-bond acceptors (Lipinski definition) is 7. The number of nitrogens with zero attached hydrogens (tertiary/aromatic N) is 3. The molecule has 0 N–H and O–H groups in total. The number of fused-ring (bicyclic) bond motifs is 1. The minimum atomic E-state index is -0.472. The fourth-order valence-corrected chi connectivity index (χ4v) is 4.53. The maximum atomic E-state index is 13.5. The molecule has 1 aliphatic rings. The Kier molecular flexibility index (Phi) is 5.65. The molecule has 2 aromatic carbocycles. The van der Waals surface area contributed by atoms with Crippen LogP contribution < -0.4 is 9.64 Å². The number of methoxy groups -OCH3 is 1. The number of hydrogen-bond donors (Lipinski definition) is 0. The van der Waals surface area contributed by atoms with E-state index < -0.39 is 4.92 Å². The van der Waals surface area contributed by atoms with E-state index in [1.54, 1.807) is 25.0 Å². The highest BCUT2D eigenvalue weighted by Crippen LogP contribution is 2.33. The molecule has 1 aromatic heterocycles. The number of carbonyl (C=O) groups excluding carboxylic acids is 1. The quantitative estimate of drug-likeness (QED) is 0.429. The topological polar surface area (TPSA) is 94.8 Å². The predicted molar refractivity (Wildman–Crippen MR) is 115 cm³/mol. The molecule has 1 fully saturated rings. The molecule has 0 saturated carbocycles. The Hall–Kier alpha value is -3.04. The summed E-state index contributed by atoms with van der Waals surface area (Å²) >= 11 is 1.40. The number of ether oxygens (including phenoxy) is 2. The number of amides is 1. The Morgan fingerprint density at radius 1 is 1.40 bits per heavy atom. The maximum absolute atomic E-state index is 13.5. The van der Waals surface area contributed by atoms with Crippen LogP contribution in [0.5, 0.6) is 5.75 Å². The lowest BCUT2D eigenvalue weighted by molar-refractivity contribution is -0.385. The number of anilines is 1. The molecule has 4 rings (SSSR count). The number of carbonyl (C=O) groups is 1. The third-order valence-corrected chi connectivity index (χ3v) is 6.26. The van der Waals surface area contributed by atoms with E-state index in [-0.39, 0.29) is 17.7 Å². The Labute approximate surface area is 177 Å². The summed E-state index contributed by atoms with van der Waals surface area (Å²) < 4.78 is 11.9. The van der Waals surface area contributed by atoms with Gasteiger partial charge in [-0.1, -0.05) is 17.4 Å². The van der Waals surface area contributed by atoms with Crippen molar-refractivity contribution >= 4 is 38.3 Å². The van der Waals surface area contributed by atoms with Crippen molar-refractivity contribution in [3.05, 3.63) is 57.6 Å². The average molecular weight is 427 g/mol. The second kappa shape index (κ2) is 8.37. The van der Waals surface area contributed by atoms with Gasteiger partial charge in [-0.3, -0.25) is 19.8 Å². The molecule has 0 spiro atoms. The minimum Gasteiger partial charge on any atom is -0.497 e. The van der Waals surface area contributed by atoms with Crippen molar-refractivity contribution in [2.75, 3.05) is 25.2 Å². The highest BCUT2D eigenvalue weighted by Gasteiger charge is 2.29. The van der Waals surface area contributed by atoms with Gasteiger partial charge in [0.25, 0.3) is 11.6 Å². The first-order valence-corrected chi connectivity index (χ1v) is 10.4. The molecule has 1 aliphatic heterocycles. The summed E-state index contributed by atoms with van der Waals surface area (Å²) in [6.45, 7) is 2.61. The third kappa shape index (κ3) is 3.86. The van der Waals surface area contributed by atoms with Crippen molar-refractivity contribution in [3.8, 4) is 5.75 Å². The van der Waals surface area contributed by atoms with Gasteiger partial charge in [-0.15, -0.1) is 0 Å². The molecule has 156 valence electrons. The number of aromatic nitrogens is 1. The molecule has 1 unspecified atom stereocenters. The van der Waals surface area contributed by atoms with E-state index >= 15 is 0 Å². The monoisotopic (exact) mass is 427 g/mol. The van der Waals surface area contributed by atoms with Gasteiger partial charge in [-0.05, 0) is 38.0 Å². The van der Waals surface area contributed by atoms with Crippen molar-refractivity contribution in [1.29, 1.82) is 0 Å². The van der Waals surface area contributed by atoms with Crippen LogP contribution in [-0.4, -0.2) is 42.2 Å². The van der Waals surface area contributed by atoms with Crippen LogP contribution >= 0.6 is 11.3 Å². The Morgan fingerprint density at radius 3 is 2.93 bits per heavy atom. The maximum Gasteiger partial charge on any atom is 0.273 e. The van der Waals surface area contributed by atoms with Gasteiger partial charge in [0.2, 0.25) is 0 Å². The Morgan fingerprint density at radius 2 is 2.23 bits per heavy atom. The second-order valence-electron chi connectivity index (χ2n) is 7.09. The molecule has 0 bridgehead atoms. The number of thiazole rings is 1. The summed E-state index contributed by atoms with van der Waals surface area (Å²) in [6, 6.07) is 10.1. The lowest BCUT2D eigenvalue weighted by atomic mass is 10.1. The standard InChI is InChI=1S/C21H21N3O5S/c1-13-16(6-3-7-18(13)24(26)27)20(25)23(12-15-5-4-10-29-15)21-22-17-11-14(28-2)8-9-19(17)30-21/h3,6-9,11,15H,4-5,10,12H2,1-2H3. The van der Waals surface area contributed by atoms with Gasteiger partial charge in [0.05, 0.1) is 34.9 Å². The SMILES string of the molecule is COc1ccc2sc(N(CC3CCCO3)C(=O)c3cccc([N+](=O)[O-])c3C)nc2c1. The van der Waals surface area contributed by atoms with Crippen LogP contribution in [0, 0.1) is 17.0 Å². The molecule has 3 aromatic rings.